The molecule has 1 fully saturated rings. The van der Waals surface area contributed by atoms with Gasteiger partial charge in [0.25, 0.3) is 0 Å². The van der Waals surface area contributed by atoms with Crippen LogP contribution < -0.4 is 0 Å². The second-order valence-corrected chi connectivity index (χ2v) is 8.69. The number of aryl methyl sites for hydroxylation is 1. The minimum atomic E-state index is 0.131. The molecule has 0 N–H and O–H groups in total. The van der Waals surface area contributed by atoms with E-state index in [0.717, 1.165) is 29.8 Å². The maximum atomic E-state index is 13.2. The molecule has 4 rings (SSSR count). The van der Waals surface area contributed by atoms with Crippen LogP contribution in [-0.2, 0) is 0 Å². The van der Waals surface area contributed by atoms with Crippen LogP contribution in [0.2, 0.25) is 0 Å². The van der Waals surface area contributed by atoms with Gasteiger partial charge in [-0.25, -0.2) is 4.68 Å². The van der Waals surface area contributed by atoms with Gasteiger partial charge in [0, 0.05) is 12.0 Å². The number of hydrogen-bond donors (Lipinski definition) is 0. The largest absolute Gasteiger partial charge is 0.292 e. The van der Waals surface area contributed by atoms with E-state index < -0.39 is 0 Å². The average Bonchev–Trinajstić information content (AvgIpc) is 3.22. The summed E-state index contributed by atoms with van der Waals surface area (Å²) >= 11 is 0. The lowest BCUT2D eigenvalue weighted by Gasteiger charge is -2.18. The Labute approximate surface area is 184 Å². The molecule has 0 atom stereocenters. The van der Waals surface area contributed by atoms with Crippen LogP contribution in [0.3, 0.4) is 0 Å². The van der Waals surface area contributed by atoms with Crippen LogP contribution in [0.15, 0.2) is 54.6 Å². The van der Waals surface area contributed by atoms with Crippen molar-refractivity contribution >= 4 is 5.78 Å². The number of carbonyl (C=O) groups excluding carboxylic acids is 1. The zero-order valence-corrected chi connectivity index (χ0v) is 18.2. The van der Waals surface area contributed by atoms with Crippen molar-refractivity contribution in [3.8, 4) is 23.0 Å². The summed E-state index contributed by atoms with van der Waals surface area (Å²) in [5.74, 6) is 0.599. The highest BCUT2D eigenvalue weighted by molar-refractivity contribution is 5.95. The van der Waals surface area contributed by atoms with Gasteiger partial charge in [-0.05, 0) is 43.2 Å². The summed E-state index contributed by atoms with van der Waals surface area (Å²) in [5, 5.41) is 13.8. The summed E-state index contributed by atoms with van der Waals surface area (Å²) in [5.41, 5.74) is 5.09. The molecule has 0 aliphatic heterocycles. The number of ketones is 1. The number of hydrogen-bond acceptors (Lipinski definition) is 3. The molecule has 4 heteroatoms. The first-order chi connectivity index (χ1) is 15.1. The molecule has 158 valence electrons. The maximum Gasteiger partial charge on any atom is 0.183 e. The van der Waals surface area contributed by atoms with E-state index in [1.165, 1.54) is 37.7 Å². The van der Waals surface area contributed by atoms with E-state index in [-0.39, 0.29) is 5.78 Å². The normalized spacial score (nSPS) is 15.1. The van der Waals surface area contributed by atoms with Crippen LogP contribution in [0.25, 0.3) is 16.9 Å². The highest BCUT2D eigenvalue weighted by atomic mass is 16.1. The van der Waals surface area contributed by atoms with Gasteiger partial charge in [0.2, 0.25) is 0 Å². The summed E-state index contributed by atoms with van der Waals surface area (Å²) in [4.78, 5) is 13.2. The van der Waals surface area contributed by atoms with Crippen LogP contribution in [0, 0.1) is 24.2 Å². The SMILES string of the molecule is Cc1ccc(-c2cc(C(=O)CC3CCCCCCC3)nn2-c2ccc(C#N)cc2)cc1. The minimum absolute atomic E-state index is 0.131. The average molecular weight is 412 g/mol. The predicted molar refractivity (Wildman–Crippen MR) is 123 cm³/mol. The van der Waals surface area contributed by atoms with Gasteiger partial charge in [-0.2, -0.15) is 10.4 Å². The lowest BCUT2D eigenvalue weighted by molar-refractivity contribution is 0.0948. The summed E-state index contributed by atoms with van der Waals surface area (Å²) < 4.78 is 1.83. The van der Waals surface area contributed by atoms with Crippen molar-refractivity contribution in [3.63, 3.8) is 0 Å². The Balaban J connectivity index is 1.65. The molecule has 0 radical (unpaired) electrons. The summed E-state index contributed by atoms with van der Waals surface area (Å²) in [6.07, 6.45) is 9.23. The highest BCUT2D eigenvalue weighted by Crippen LogP contribution is 2.29. The maximum absolute atomic E-state index is 13.2. The number of benzene rings is 2. The molecule has 0 unspecified atom stereocenters. The standard InChI is InChI=1S/C27H29N3O/c1-20-9-13-23(14-10-20)26-18-25(27(31)17-21-7-5-3-2-4-6-8-21)29-30(26)24-15-11-22(19-28)12-16-24/h9-16,18,21H,2-8,17H2,1H3. The molecule has 1 aromatic heterocycles. The Morgan fingerprint density at radius 2 is 1.65 bits per heavy atom. The Hall–Kier alpha value is -3.19. The smallest absolute Gasteiger partial charge is 0.183 e. The molecule has 31 heavy (non-hydrogen) atoms. The number of nitrogens with zero attached hydrogens (tertiary/aromatic N) is 3. The highest BCUT2D eigenvalue weighted by Gasteiger charge is 2.21. The number of aromatic nitrogens is 2. The molecule has 3 aromatic rings. The Morgan fingerprint density at radius 3 is 2.29 bits per heavy atom. The van der Waals surface area contributed by atoms with Crippen molar-refractivity contribution in [2.24, 2.45) is 5.92 Å². The third kappa shape index (κ3) is 5.11. The Bertz CT molecular complexity index is 1060. The molecule has 1 heterocycles. The number of Topliss-reactive ketones (excluding diaryl/α,β-unsaturated/α-hetero) is 1. The van der Waals surface area contributed by atoms with Gasteiger partial charge in [0.1, 0.15) is 5.69 Å². The lowest BCUT2D eigenvalue weighted by Crippen LogP contribution is -2.11. The third-order valence-corrected chi connectivity index (χ3v) is 6.28. The molecule has 0 spiro atoms. The van der Waals surface area contributed by atoms with Gasteiger partial charge in [-0.3, -0.25) is 4.79 Å². The summed E-state index contributed by atoms with van der Waals surface area (Å²) in [6, 6.07) is 19.7. The minimum Gasteiger partial charge on any atom is -0.292 e. The van der Waals surface area contributed by atoms with E-state index in [1.807, 2.05) is 22.9 Å². The number of rotatable bonds is 5. The lowest BCUT2D eigenvalue weighted by atomic mass is 9.87. The van der Waals surface area contributed by atoms with E-state index in [9.17, 15) is 4.79 Å². The second-order valence-electron chi connectivity index (χ2n) is 8.69. The van der Waals surface area contributed by atoms with Crippen molar-refractivity contribution in [3.05, 3.63) is 71.4 Å². The van der Waals surface area contributed by atoms with Crippen molar-refractivity contribution in [2.75, 3.05) is 0 Å². The molecule has 2 aromatic carbocycles. The Kier molecular flexibility index (Phi) is 6.62. The summed E-state index contributed by atoms with van der Waals surface area (Å²) in [6.45, 7) is 2.06. The zero-order chi connectivity index (χ0) is 21.6. The van der Waals surface area contributed by atoms with E-state index in [2.05, 4.69) is 37.3 Å². The van der Waals surface area contributed by atoms with E-state index in [1.54, 1.807) is 12.1 Å². The van der Waals surface area contributed by atoms with Gasteiger partial charge in [-0.15, -0.1) is 0 Å². The molecule has 1 saturated carbocycles. The quantitative estimate of drug-likeness (QED) is 0.441. The van der Waals surface area contributed by atoms with Crippen LogP contribution in [0.5, 0.6) is 0 Å². The number of carbonyl (C=O) groups is 1. The van der Waals surface area contributed by atoms with E-state index >= 15 is 0 Å². The molecule has 1 aliphatic rings. The Morgan fingerprint density at radius 1 is 1.00 bits per heavy atom. The van der Waals surface area contributed by atoms with Crippen LogP contribution in [0.4, 0.5) is 0 Å². The zero-order valence-electron chi connectivity index (χ0n) is 18.2. The molecule has 0 saturated heterocycles. The molecular weight excluding hydrogens is 382 g/mol. The van der Waals surface area contributed by atoms with E-state index in [0.29, 0.717) is 23.6 Å². The number of nitriles is 1. The van der Waals surface area contributed by atoms with Crippen molar-refractivity contribution in [2.45, 2.75) is 58.3 Å². The van der Waals surface area contributed by atoms with E-state index in [4.69, 9.17) is 10.4 Å². The predicted octanol–water partition coefficient (Wildman–Crippen LogP) is 6.65. The first kappa shape index (κ1) is 21.1. The first-order valence-electron chi connectivity index (χ1n) is 11.3. The van der Waals surface area contributed by atoms with Crippen LogP contribution in [0.1, 0.15) is 73.0 Å². The fourth-order valence-corrected chi connectivity index (χ4v) is 4.43. The molecular formula is C27H29N3O. The molecule has 0 amide bonds. The monoisotopic (exact) mass is 411 g/mol. The van der Waals surface area contributed by atoms with Gasteiger partial charge in [0.05, 0.1) is 23.0 Å². The van der Waals surface area contributed by atoms with Gasteiger partial charge >= 0.3 is 0 Å². The van der Waals surface area contributed by atoms with Crippen molar-refractivity contribution in [1.82, 2.24) is 9.78 Å². The first-order valence-corrected chi connectivity index (χ1v) is 11.3. The molecule has 1 aliphatic carbocycles. The fraction of sp³-hybridized carbons (Fsp3) is 0.370. The summed E-state index contributed by atoms with van der Waals surface area (Å²) in [7, 11) is 0. The van der Waals surface area contributed by atoms with Gasteiger partial charge < -0.3 is 0 Å². The van der Waals surface area contributed by atoms with Gasteiger partial charge in [0.15, 0.2) is 5.78 Å². The van der Waals surface area contributed by atoms with Crippen LogP contribution in [-0.4, -0.2) is 15.6 Å². The third-order valence-electron chi connectivity index (χ3n) is 6.28. The fourth-order valence-electron chi connectivity index (χ4n) is 4.43. The van der Waals surface area contributed by atoms with Crippen molar-refractivity contribution in [1.29, 1.82) is 5.26 Å². The van der Waals surface area contributed by atoms with Crippen LogP contribution >= 0.6 is 0 Å². The topological polar surface area (TPSA) is 58.7 Å². The van der Waals surface area contributed by atoms with Crippen molar-refractivity contribution < 1.29 is 4.79 Å². The van der Waals surface area contributed by atoms with Gasteiger partial charge in [-0.1, -0.05) is 74.8 Å². The molecule has 0 bridgehead atoms. The second kappa shape index (κ2) is 9.75. The molecule has 4 nitrogen and oxygen atoms in total.